The highest BCUT2D eigenvalue weighted by Gasteiger charge is 2.49. The number of rotatable bonds is 3. The molecule has 0 N–H and O–H groups in total. The first kappa shape index (κ1) is 29.1. The molecule has 3 heterocycles. The number of halogens is 2. The Morgan fingerprint density at radius 1 is 0.469 bits per heavy atom. The van der Waals surface area contributed by atoms with Crippen LogP contribution in [0.15, 0.2) is 177 Å². The van der Waals surface area contributed by atoms with Crippen molar-refractivity contribution >= 4 is 92.5 Å². The van der Waals surface area contributed by atoms with Crippen LogP contribution in [0.25, 0.3) is 0 Å². The third kappa shape index (κ3) is 4.26. The van der Waals surface area contributed by atoms with Crippen LogP contribution in [0.1, 0.15) is 0 Å². The van der Waals surface area contributed by atoms with Crippen LogP contribution in [0.3, 0.4) is 0 Å². The second-order valence-corrected chi connectivity index (χ2v) is 18.6. The van der Waals surface area contributed by atoms with E-state index in [9.17, 15) is 8.78 Å². The van der Waals surface area contributed by atoms with Crippen molar-refractivity contribution in [3.8, 4) is 0 Å². The lowest BCUT2D eigenvalue weighted by molar-refractivity contribution is 0.625. The second kappa shape index (κ2) is 11.1. The number of nitrogens with zero attached hydrogens (tertiary/aromatic N) is 1. The average molecular weight is 686 g/mol. The summed E-state index contributed by atoms with van der Waals surface area (Å²) < 4.78 is 29.5. The number of hydrogen-bond acceptors (Lipinski definition) is 3. The Morgan fingerprint density at radius 3 is 1.41 bits per heavy atom. The molecule has 0 radical (unpaired) electrons. The maximum absolute atomic E-state index is 14.7. The molecule has 232 valence electrons. The molecular formula is C42H26BF2NS2Si. The standard InChI is InChI=1S/C42H26BF2NS2Si/c44-27-19-21-32-36(23-27)47-38-25-29(26-39-42(38)43(32)33-22-20-28(45)24-37(33)48-39)46-34-15-7-9-17-40(34)49(30-11-3-1-4-12-30,31-13-5-2-6-14-31)41-18-10-8-16-35(41)46/h1-26H. The summed E-state index contributed by atoms with van der Waals surface area (Å²) in [5.74, 6) is -0.504. The fraction of sp³-hybridized carbons (Fsp3) is 0. The highest BCUT2D eigenvalue weighted by molar-refractivity contribution is 8.01. The lowest BCUT2D eigenvalue weighted by Gasteiger charge is -2.45. The molecule has 0 unspecified atom stereocenters. The fourth-order valence-electron chi connectivity index (χ4n) is 8.24. The van der Waals surface area contributed by atoms with Crippen molar-refractivity contribution in [2.24, 2.45) is 0 Å². The zero-order valence-corrected chi connectivity index (χ0v) is 28.7. The molecule has 0 aromatic heterocycles. The van der Waals surface area contributed by atoms with Gasteiger partial charge in [-0.2, -0.15) is 0 Å². The van der Waals surface area contributed by atoms with Gasteiger partial charge in [-0.15, -0.1) is 0 Å². The van der Waals surface area contributed by atoms with E-state index in [4.69, 9.17) is 0 Å². The van der Waals surface area contributed by atoms with E-state index >= 15 is 0 Å². The molecule has 3 aliphatic rings. The quantitative estimate of drug-likeness (QED) is 0.194. The van der Waals surface area contributed by atoms with E-state index in [1.165, 1.54) is 26.2 Å². The predicted molar refractivity (Wildman–Crippen MR) is 204 cm³/mol. The monoisotopic (exact) mass is 685 g/mol. The Balaban J connectivity index is 1.25. The number of anilines is 3. The number of benzene rings is 7. The van der Waals surface area contributed by atoms with Crippen molar-refractivity contribution < 1.29 is 8.78 Å². The predicted octanol–water partition coefficient (Wildman–Crippen LogP) is 6.57. The minimum absolute atomic E-state index is 0.0927. The molecule has 0 saturated heterocycles. The van der Waals surface area contributed by atoms with Gasteiger partial charge in [0.1, 0.15) is 11.6 Å². The summed E-state index contributed by atoms with van der Waals surface area (Å²) in [6, 6.07) is 54.5. The van der Waals surface area contributed by atoms with Crippen LogP contribution < -0.4 is 42.0 Å². The smallest absolute Gasteiger partial charge is 0.247 e. The first-order valence-electron chi connectivity index (χ1n) is 16.3. The van der Waals surface area contributed by atoms with Gasteiger partial charge in [-0.3, -0.25) is 0 Å². The van der Waals surface area contributed by atoms with Crippen LogP contribution in [0, 0.1) is 11.6 Å². The van der Waals surface area contributed by atoms with E-state index in [-0.39, 0.29) is 18.3 Å². The van der Waals surface area contributed by atoms with E-state index in [1.807, 2.05) is 12.1 Å². The van der Waals surface area contributed by atoms with E-state index in [2.05, 4.69) is 126 Å². The zero-order valence-electron chi connectivity index (χ0n) is 26.1. The molecule has 0 amide bonds. The highest BCUT2D eigenvalue weighted by Crippen LogP contribution is 2.45. The van der Waals surface area contributed by atoms with Crippen LogP contribution in [0.4, 0.5) is 25.8 Å². The van der Waals surface area contributed by atoms with Gasteiger partial charge in [0, 0.05) is 36.6 Å². The van der Waals surface area contributed by atoms with Gasteiger partial charge < -0.3 is 4.90 Å². The van der Waals surface area contributed by atoms with Gasteiger partial charge in [0.2, 0.25) is 6.71 Å². The Hall–Kier alpha value is -4.82. The van der Waals surface area contributed by atoms with Gasteiger partial charge in [0.05, 0.1) is 0 Å². The van der Waals surface area contributed by atoms with Gasteiger partial charge in [-0.1, -0.05) is 144 Å². The molecule has 0 saturated carbocycles. The molecule has 7 aromatic carbocycles. The molecule has 7 heteroatoms. The van der Waals surface area contributed by atoms with Crippen molar-refractivity contribution in [1.29, 1.82) is 0 Å². The van der Waals surface area contributed by atoms with E-state index in [1.54, 1.807) is 47.8 Å². The molecule has 0 atom stereocenters. The fourth-order valence-corrected chi connectivity index (χ4v) is 15.9. The Bertz CT molecular complexity index is 2290. The van der Waals surface area contributed by atoms with Crippen molar-refractivity contribution in [1.82, 2.24) is 0 Å². The minimum Gasteiger partial charge on any atom is -0.311 e. The molecule has 10 rings (SSSR count). The molecule has 1 nitrogen and oxygen atoms in total. The summed E-state index contributed by atoms with van der Waals surface area (Å²) in [5.41, 5.74) is 6.70. The third-order valence-corrected chi connectivity index (χ3v) is 17.3. The molecule has 7 aromatic rings. The Kier molecular flexibility index (Phi) is 6.60. The molecule has 3 aliphatic heterocycles. The van der Waals surface area contributed by atoms with Crippen LogP contribution in [0.5, 0.6) is 0 Å². The van der Waals surface area contributed by atoms with E-state index in [0.29, 0.717) is 0 Å². The number of fused-ring (bicyclic) bond motifs is 6. The molecular weight excluding hydrogens is 659 g/mol. The van der Waals surface area contributed by atoms with Gasteiger partial charge in [-0.25, -0.2) is 8.78 Å². The summed E-state index contributed by atoms with van der Waals surface area (Å²) in [5, 5.41) is 5.34. The van der Waals surface area contributed by atoms with Crippen molar-refractivity contribution in [3.05, 3.63) is 169 Å². The molecule has 0 fully saturated rings. The van der Waals surface area contributed by atoms with E-state index in [0.717, 1.165) is 47.6 Å². The molecule has 0 aliphatic carbocycles. The molecule has 49 heavy (non-hydrogen) atoms. The average Bonchev–Trinajstić information content (AvgIpc) is 3.14. The van der Waals surface area contributed by atoms with Crippen molar-refractivity contribution in [3.63, 3.8) is 0 Å². The maximum Gasteiger partial charge on any atom is 0.247 e. The van der Waals surface area contributed by atoms with Crippen LogP contribution >= 0.6 is 23.5 Å². The molecule has 0 spiro atoms. The summed E-state index contributed by atoms with van der Waals surface area (Å²) in [6.07, 6.45) is 0. The van der Waals surface area contributed by atoms with Gasteiger partial charge in [-0.05, 0) is 74.7 Å². The topological polar surface area (TPSA) is 3.24 Å². The van der Waals surface area contributed by atoms with Crippen LogP contribution in [-0.2, 0) is 0 Å². The first-order valence-corrected chi connectivity index (χ1v) is 20.0. The van der Waals surface area contributed by atoms with E-state index < -0.39 is 8.07 Å². The SMILES string of the molecule is Fc1ccc2c(c1)Sc1cc(N3c4ccccc4[Si](c4ccccc4)(c4ccccc4)c4ccccc43)cc3c1B2c1ccc(F)cc1S3. The lowest BCUT2D eigenvalue weighted by atomic mass is 9.36. The highest BCUT2D eigenvalue weighted by atomic mass is 32.2. The van der Waals surface area contributed by atoms with Gasteiger partial charge in [0.25, 0.3) is 0 Å². The van der Waals surface area contributed by atoms with Crippen molar-refractivity contribution in [2.45, 2.75) is 19.6 Å². The lowest BCUT2D eigenvalue weighted by Crippen LogP contribution is -2.77. The second-order valence-electron chi connectivity index (χ2n) is 12.7. The van der Waals surface area contributed by atoms with Gasteiger partial charge >= 0.3 is 0 Å². The van der Waals surface area contributed by atoms with Crippen LogP contribution in [-0.4, -0.2) is 14.8 Å². The minimum atomic E-state index is -2.74. The number of hydrogen-bond donors (Lipinski definition) is 0. The Labute approximate surface area is 293 Å². The maximum atomic E-state index is 14.7. The summed E-state index contributed by atoms with van der Waals surface area (Å²) in [7, 11) is -2.74. The zero-order chi connectivity index (χ0) is 32.7. The summed E-state index contributed by atoms with van der Waals surface area (Å²) in [6.45, 7) is -0.0927. The first-order chi connectivity index (χ1) is 24.1. The Morgan fingerprint density at radius 2 is 0.918 bits per heavy atom. The van der Waals surface area contributed by atoms with Gasteiger partial charge in [0.15, 0.2) is 8.07 Å². The third-order valence-electron chi connectivity index (χ3n) is 10.2. The number of para-hydroxylation sites is 2. The van der Waals surface area contributed by atoms with Crippen LogP contribution in [0.2, 0.25) is 0 Å². The summed E-state index contributed by atoms with van der Waals surface area (Å²) in [4.78, 5) is 6.43. The normalized spacial score (nSPS) is 14.7. The summed E-state index contributed by atoms with van der Waals surface area (Å²) >= 11 is 3.26. The van der Waals surface area contributed by atoms with Crippen molar-refractivity contribution in [2.75, 3.05) is 4.90 Å². The largest absolute Gasteiger partial charge is 0.311 e. The molecule has 0 bridgehead atoms.